The minimum absolute atomic E-state index is 0.0466. The lowest BCUT2D eigenvalue weighted by Gasteiger charge is -2.37. The average Bonchev–Trinajstić information content (AvgIpc) is 2.75. The van der Waals surface area contributed by atoms with Gasteiger partial charge in [-0.1, -0.05) is 0 Å². The van der Waals surface area contributed by atoms with E-state index in [1.807, 2.05) is 19.1 Å². The average molecular weight is 255 g/mol. The molecule has 1 atom stereocenters. The topological polar surface area (TPSA) is 60.8 Å². The Bertz CT molecular complexity index is 418. The maximum atomic E-state index is 12.2. The molecule has 0 aliphatic carbocycles. The smallest absolute Gasteiger partial charge is 0.264 e. The maximum Gasteiger partial charge on any atom is 0.264 e. The number of rotatable bonds is 2. The van der Waals surface area contributed by atoms with Gasteiger partial charge < -0.3 is 15.1 Å². The molecule has 2 rings (SSSR count). The molecular formula is C12H17NO3S. The second-order valence-corrected chi connectivity index (χ2v) is 5.91. The van der Waals surface area contributed by atoms with Gasteiger partial charge in [-0.3, -0.25) is 4.79 Å². The molecule has 1 saturated heterocycles. The predicted molar refractivity (Wildman–Crippen MR) is 66.2 cm³/mol. The van der Waals surface area contributed by atoms with Crippen LogP contribution in [0.5, 0.6) is 0 Å². The van der Waals surface area contributed by atoms with Crippen molar-refractivity contribution >= 4 is 17.2 Å². The minimum Gasteiger partial charge on any atom is -0.393 e. The monoisotopic (exact) mass is 255 g/mol. The highest BCUT2D eigenvalue weighted by molar-refractivity contribution is 7.13. The lowest BCUT2D eigenvalue weighted by molar-refractivity contribution is -0.0597. The van der Waals surface area contributed by atoms with Crippen molar-refractivity contribution in [3.05, 3.63) is 21.9 Å². The first-order chi connectivity index (χ1) is 8.04. The molecule has 1 aliphatic heterocycles. The van der Waals surface area contributed by atoms with Crippen molar-refractivity contribution in [1.29, 1.82) is 0 Å². The summed E-state index contributed by atoms with van der Waals surface area (Å²) >= 11 is 1.46. The van der Waals surface area contributed by atoms with Crippen molar-refractivity contribution in [3.63, 3.8) is 0 Å². The van der Waals surface area contributed by atoms with Gasteiger partial charge in [0.1, 0.15) is 5.60 Å². The summed E-state index contributed by atoms with van der Waals surface area (Å²) in [6, 6.07) is 3.73. The number of nitrogens with zero attached hydrogens (tertiary/aromatic N) is 1. The van der Waals surface area contributed by atoms with Gasteiger partial charge in [0.2, 0.25) is 0 Å². The summed E-state index contributed by atoms with van der Waals surface area (Å²) < 4.78 is 0. The third-order valence-corrected chi connectivity index (χ3v) is 4.08. The van der Waals surface area contributed by atoms with Crippen LogP contribution in [0.15, 0.2) is 12.1 Å². The molecule has 1 fully saturated rings. The second kappa shape index (κ2) is 4.76. The normalized spacial score (nSPS) is 25.0. The number of aliphatic hydroxyl groups is 2. The molecule has 0 spiro atoms. The first kappa shape index (κ1) is 12.5. The first-order valence-corrected chi connectivity index (χ1v) is 6.55. The SMILES string of the molecule is Cc1ccc(C(=O)N2CCCC(O)(CO)C2)s1. The number of piperidine rings is 1. The molecule has 0 aromatic carbocycles. The van der Waals surface area contributed by atoms with Crippen LogP contribution in [0.3, 0.4) is 0 Å². The van der Waals surface area contributed by atoms with Gasteiger partial charge in [-0.2, -0.15) is 0 Å². The number of aryl methyl sites for hydroxylation is 1. The van der Waals surface area contributed by atoms with E-state index < -0.39 is 5.60 Å². The zero-order valence-corrected chi connectivity index (χ0v) is 10.7. The highest BCUT2D eigenvalue weighted by Gasteiger charge is 2.35. The molecular weight excluding hydrogens is 238 g/mol. The third-order valence-electron chi connectivity index (χ3n) is 3.09. The fourth-order valence-electron chi connectivity index (χ4n) is 2.12. The van der Waals surface area contributed by atoms with Crippen LogP contribution in [-0.2, 0) is 0 Å². The number of hydrogen-bond acceptors (Lipinski definition) is 4. The molecule has 1 aromatic heterocycles. The molecule has 0 radical (unpaired) electrons. The van der Waals surface area contributed by atoms with Gasteiger partial charge in [-0.05, 0) is 31.9 Å². The Kier molecular flexibility index (Phi) is 3.51. The first-order valence-electron chi connectivity index (χ1n) is 5.73. The van der Waals surface area contributed by atoms with Crippen LogP contribution in [0.2, 0.25) is 0 Å². The number of carbonyl (C=O) groups is 1. The van der Waals surface area contributed by atoms with Gasteiger partial charge in [-0.15, -0.1) is 11.3 Å². The van der Waals surface area contributed by atoms with Crippen molar-refractivity contribution in [2.45, 2.75) is 25.4 Å². The summed E-state index contributed by atoms with van der Waals surface area (Å²) in [6.45, 7) is 2.54. The van der Waals surface area contributed by atoms with Crippen LogP contribution in [0, 0.1) is 6.92 Å². The summed E-state index contributed by atoms with van der Waals surface area (Å²) in [5.41, 5.74) is -1.12. The van der Waals surface area contributed by atoms with E-state index in [4.69, 9.17) is 5.11 Å². The number of aliphatic hydroxyl groups excluding tert-OH is 1. The van der Waals surface area contributed by atoms with E-state index >= 15 is 0 Å². The van der Waals surface area contributed by atoms with Gasteiger partial charge >= 0.3 is 0 Å². The fraction of sp³-hybridized carbons (Fsp3) is 0.583. The van der Waals surface area contributed by atoms with Gasteiger partial charge in [0.25, 0.3) is 5.91 Å². The highest BCUT2D eigenvalue weighted by Crippen LogP contribution is 2.24. The standard InChI is InChI=1S/C12H17NO3S/c1-9-3-4-10(17-9)11(15)13-6-2-5-12(16,7-13)8-14/h3-4,14,16H,2,5-8H2,1H3. The molecule has 2 heterocycles. The Morgan fingerprint density at radius 3 is 2.94 bits per heavy atom. The van der Waals surface area contributed by atoms with E-state index in [0.29, 0.717) is 17.8 Å². The Hall–Kier alpha value is -0.910. The zero-order chi connectivity index (χ0) is 12.5. The molecule has 1 amide bonds. The van der Waals surface area contributed by atoms with E-state index in [1.165, 1.54) is 11.3 Å². The number of likely N-dealkylation sites (tertiary alicyclic amines) is 1. The fourth-order valence-corrected chi connectivity index (χ4v) is 2.96. The number of β-amino-alcohol motifs (C(OH)–C–C–N with tert-alkyl or cyclic N) is 1. The molecule has 1 unspecified atom stereocenters. The lowest BCUT2D eigenvalue weighted by atomic mass is 9.94. The molecule has 2 N–H and O–H groups in total. The Morgan fingerprint density at radius 2 is 2.35 bits per heavy atom. The van der Waals surface area contributed by atoms with E-state index in [2.05, 4.69) is 0 Å². The van der Waals surface area contributed by atoms with Crippen LogP contribution < -0.4 is 0 Å². The van der Waals surface area contributed by atoms with Crippen molar-refractivity contribution < 1.29 is 15.0 Å². The van der Waals surface area contributed by atoms with Gasteiger partial charge in [0.15, 0.2) is 0 Å². The second-order valence-electron chi connectivity index (χ2n) is 4.62. The van der Waals surface area contributed by atoms with Crippen molar-refractivity contribution in [2.24, 2.45) is 0 Å². The van der Waals surface area contributed by atoms with Gasteiger partial charge in [-0.25, -0.2) is 0 Å². The third kappa shape index (κ3) is 2.68. The van der Waals surface area contributed by atoms with Gasteiger partial charge in [0.05, 0.1) is 18.0 Å². The maximum absolute atomic E-state index is 12.2. The van der Waals surface area contributed by atoms with Crippen LogP contribution in [0.25, 0.3) is 0 Å². The highest BCUT2D eigenvalue weighted by atomic mass is 32.1. The van der Waals surface area contributed by atoms with Crippen molar-refractivity contribution in [1.82, 2.24) is 4.90 Å². The van der Waals surface area contributed by atoms with Gasteiger partial charge in [0, 0.05) is 11.4 Å². The predicted octanol–water partition coefficient (Wildman–Crippen LogP) is 1.02. The number of amides is 1. The number of hydrogen-bond donors (Lipinski definition) is 2. The summed E-state index contributed by atoms with van der Waals surface area (Å²) in [6.07, 6.45) is 1.28. The van der Waals surface area contributed by atoms with E-state index in [-0.39, 0.29) is 19.1 Å². The number of thiophene rings is 1. The van der Waals surface area contributed by atoms with E-state index in [0.717, 1.165) is 11.3 Å². The Balaban J connectivity index is 2.10. The van der Waals surface area contributed by atoms with Crippen LogP contribution >= 0.6 is 11.3 Å². The molecule has 17 heavy (non-hydrogen) atoms. The molecule has 1 aliphatic rings. The summed E-state index contributed by atoms with van der Waals surface area (Å²) in [7, 11) is 0. The zero-order valence-electron chi connectivity index (χ0n) is 9.85. The number of carbonyl (C=O) groups excluding carboxylic acids is 1. The summed E-state index contributed by atoms with van der Waals surface area (Å²) in [5.74, 6) is -0.0466. The van der Waals surface area contributed by atoms with E-state index in [9.17, 15) is 9.90 Å². The van der Waals surface area contributed by atoms with Crippen molar-refractivity contribution in [2.75, 3.05) is 19.7 Å². The summed E-state index contributed by atoms with van der Waals surface area (Å²) in [5, 5.41) is 19.2. The Labute approximate surface area is 104 Å². The van der Waals surface area contributed by atoms with Crippen LogP contribution in [-0.4, -0.2) is 46.3 Å². The van der Waals surface area contributed by atoms with Crippen LogP contribution in [0.1, 0.15) is 27.4 Å². The van der Waals surface area contributed by atoms with Crippen molar-refractivity contribution in [3.8, 4) is 0 Å². The largest absolute Gasteiger partial charge is 0.393 e. The molecule has 5 heteroatoms. The quantitative estimate of drug-likeness (QED) is 0.829. The molecule has 4 nitrogen and oxygen atoms in total. The Morgan fingerprint density at radius 1 is 1.59 bits per heavy atom. The van der Waals surface area contributed by atoms with Crippen LogP contribution in [0.4, 0.5) is 0 Å². The molecule has 0 bridgehead atoms. The molecule has 0 saturated carbocycles. The summed E-state index contributed by atoms with van der Waals surface area (Å²) in [4.78, 5) is 15.6. The lowest BCUT2D eigenvalue weighted by Crippen LogP contribution is -2.52. The van der Waals surface area contributed by atoms with E-state index in [1.54, 1.807) is 4.90 Å². The minimum atomic E-state index is -1.12. The molecule has 94 valence electrons. The molecule has 1 aromatic rings.